The lowest BCUT2D eigenvalue weighted by Gasteiger charge is -2.17. The predicted molar refractivity (Wildman–Crippen MR) is 85.7 cm³/mol. The summed E-state index contributed by atoms with van der Waals surface area (Å²) in [6, 6.07) is 5.71. The molecule has 0 saturated heterocycles. The fourth-order valence-corrected chi connectivity index (χ4v) is 3.42. The maximum Gasteiger partial charge on any atom is 0.454 e. The summed E-state index contributed by atoms with van der Waals surface area (Å²) in [6.45, 7) is 1.77. The van der Waals surface area contributed by atoms with Gasteiger partial charge in [-0.1, -0.05) is 31.2 Å². The number of hydrogen-bond acceptors (Lipinski definition) is 3. The van der Waals surface area contributed by atoms with E-state index in [9.17, 15) is 35.9 Å². The Hall–Kier alpha value is -2.03. The number of carbonyl (C=O) groups is 2. The van der Waals surface area contributed by atoms with Crippen molar-refractivity contribution in [1.29, 1.82) is 0 Å². The van der Waals surface area contributed by atoms with E-state index in [2.05, 4.69) is 0 Å². The van der Waals surface area contributed by atoms with Crippen LogP contribution < -0.4 is 0 Å². The van der Waals surface area contributed by atoms with Crippen LogP contribution in [0.1, 0.15) is 34.1 Å². The highest BCUT2D eigenvalue weighted by molar-refractivity contribution is 7.99. The first kappa shape index (κ1) is 20.3. The van der Waals surface area contributed by atoms with Crippen molar-refractivity contribution in [2.24, 2.45) is 0 Å². The molecule has 0 aliphatic carbocycles. The normalized spacial score (nSPS) is 12.4. The van der Waals surface area contributed by atoms with Gasteiger partial charge in [0.25, 0.3) is 11.6 Å². The summed E-state index contributed by atoms with van der Waals surface area (Å²) >= 11 is 0.936. The van der Waals surface area contributed by atoms with Crippen molar-refractivity contribution < 1.29 is 35.9 Å². The number of halogens is 6. The third-order valence-electron chi connectivity index (χ3n) is 3.45. The summed E-state index contributed by atoms with van der Waals surface area (Å²) in [6.07, 6.45) is -9.98. The first-order valence-electron chi connectivity index (χ1n) is 7.40. The van der Waals surface area contributed by atoms with Crippen molar-refractivity contribution >= 4 is 34.1 Å². The second-order valence-electron chi connectivity index (χ2n) is 5.35. The number of rotatable bonds is 5. The lowest BCUT2D eigenvalue weighted by Crippen LogP contribution is -2.26. The minimum Gasteiger partial charge on any atom is -0.284 e. The van der Waals surface area contributed by atoms with E-state index in [-0.39, 0.29) is 15.7 Å². The highest BCUT2D eigenvalue weighted by Crippen LogP contribution is 2.38. The van der Waals surface area contributed by atoms with Gasteiger partial charge in [-0.2, -0.15) is 26.3 Å². The van der Waals surface area contributed by atoms with E-state index in [0.29, 0.717) is 18.2 Å². The summed E-state index contributed by atoms with van der Waals surface area (Å²) in [5, 5.41) is -0.138. The molecule has 0 aromatic heterocycles. The molecule has 0 atom stereocenters. The molecule has 0 spiro atoms. The molecule has 0 aliphatic rings. The van der Waals surface area contributed by atoms with E-state index in [1.807, 2.05) is 0 Å². The van der Waals surface area contributed by atoms with Crippen LogP contribution in [0.3, 0.4) is 0 Å². The smallest absolute Gasteiger partial charge is 0.284 e. The average Bonchev–Trinajstić information content (AvgIpc) is 2.56. The fraction of sp³-hybridized carbons (Fsp3) is 0.294. The molecule has 2 aromatic carbocycles. The van der Waals surface area contributed by atoms with Crippen molar-refractivity contribution in [3.8, 4) is 0 Å². The Kier molecular flexibility index (Phi) is 5.70. The van der Waals surface area contributed by atoms with Crippen LogP contribution in [-0.4, -0.2) is 29.7 Å². The molecular formula is C17H12F6O2S. The number of ketones is 2. The summed E-state index contributed by atoms with van der Waals surface area (Å²) in [5.74, 6) is -4.22. The molecule has 0 radical (unpaired) electrons. The van der Waals surface area contributed by atoms with Gasteiger partial charge in [0.15, 0.2) is 0 Å². The van der Waals surface area contributed by atoms with E-state index < -0.39 is 35.0 Å². The maximum absolute atomic E-state index is 12.9. The van der Waals surface area contributed by atoms with Gasteiger partial charge >= 0.3 is 12.4 Å². The SMILES string of the molecule is CCCSc1c(C(=O)C(F)(F)F)cc(C(=O)C(F)(F)F)c2ccccc12. The van der Waals surface area contributed by atoms with Crippen LogP contribution in [0.4, 0.5) is 26.3 Å². The Labute approximate surface area is 148 Å². The zero-order chi connectivity index (χ0) is 19.7. The lowest BCUT2D eigenvalue weighted by atomic mass is 9.95. The van der Waals surface area contributed by atoms with Gasteiger partial charge in [-0.05, 0) is 29.0 Å². The fourth-order valence-electron chi connectivity index (χ4n) is 2.37. The Morgan fingerprint density at radius 3 is 1.88 bits per heavy atom. The predicted octanol–water partition coefficient (Wildman–Crippen LogP) is 5.83. The molecule has 0 N–H and O–H groups in total. The van der Waals surface area contributed by atoms with Crippen LogP contribution in [0.15, 0.2) is 35.2 Å². The molecule has 0 aliphatic heterocycles. The first-order valence-corrected chi connectivity index (χ1v) is 8.38. The average molecular weight is 394 g/mol. The Bertz CT molecular complexity index is 855. The number of fused-ring (bicyclic) bond motifs is 1. The van der Waals surface area contributed by atoms with Crippen LogP contribution in [0.25, 0.3) is 10.8 Å². The van der Waals surface area contributed by atoms with Crippen molar-refractivity contribution in [1.82, 2.24) is 0 Å². The maximum atomic E-state index is 12.9. The van der Waals surface area contributed by atoms with E-state index in [1.165, 1.54) is 24.3 Å². The Morgan fingerprint density at radius 2 is 1.38 bits per heavy atom. The minimum absolute atomic E-state index is 0.00801. The van der Waals surface area contributed by atoms with Gasteiger partial charge in [-0.15, -0.1) is 11.8 Å². The van der Waals surface area contributed by atoms with Crippen molar-refractivity contribution in [3.63, 3.8) is 0 Å². The lowest BCUT2D eigenvalue weighted by molar-refractivity contribution is -0.0888. The number of hydrogen-bond donors (Lipinski definition) is 0. The molecule has 0 amide bonds. The summed E-state index contributed by atoms with van der Waals surface area (Å²) in [4.78, 5) is 23.4. The highest BCUT2D eigenvalue weighted by Gasteiger charge is 2.44. The van der Waals surface area contributed by atoms with Gasteiger partial charge in [0.2, 0.25) is 0 Å². The quantitative estimate of drug-likeness (QED) is 0.363. The number of Topliss-reactive ketones (excluding diaryl/α,β-unsaturated/α-hetero) is 2. The van der Waals surface area contributed by atoms with Gasteiger partial charge in [-0.3, -0.25) is 9.59 Å². The molecule has 0 unspecified atom stereocenters. The van der Waals surface area contributed by atoms with E-state index in [0.717, 1.165) is 11.8 Å². The number of alkyl halides is 6. The van der Waals surface area contributed by atoms with Gasteiger partial charge in [0.1, 0.15) is 0 Å². The topological polar surface area (TPSA) is 34.1 Å². The molecular weight excluding hydrogens is 382 g/mol. The van der Waals surface area contributed by atoms with E-state index in [4.69, 9.17) is 0 Å². The molecule has 26 heavy (non-hydrogen) atoms. The highest BCUT2D eigenvalue weighted by atomic mass is 32.2. The zero-order valence-electron chi connectivity index (χ0n) is 13.3. The molecule has 0 saturated carbocycles. The van der Waals surface area contributed by atoms with Gasteiger partial charge in [-0.25, -0.2) is 0 Å². The molecule has 2 rings (SSSR count). The van der Waals surface area contributed by atoms with Crippen LogP contribution in [0.2, 0.25) is 0 Å². The van der Waals surface area contributed by atoms with E-state index in [1.54, 1.807) is 6.92 Å². The van der Waals surface area contributed by atoms with E-state index >= 15 is 0 Å². The number of carbonyl (C=O) groups excluding carboxylic acids is 2. The molecule has 0 heterocycles. The minimum atomic E-state index is -5.28. The van der Waals surface area contributed by atoms with Crippen molar-refractivity contribution in [2.45, 2.75) is 30.6 Å². The standard InChI is InChI=1S/C17H12F6O2S/c1-2-7-26-13-10-6-4-3-5-9(10)11(14(24)16(18,19)20)8-12(13)15(25)17(21,22)23/h3-6,8H,2,7H2,1H3. The molecule has 9 heteroatoms. The Morgan fingerprint density at radius 1 is 0.885 bits per heavy atom. The summed E-state index contributed by atoms with van der Waals surface area (Å²) in [7, 11) is 0. The van der Waals surface area contributed by atoms with Gasteiger partial charge < -0.3 is 0 Å². The van der Waals surface area contributed by atoms with Crippen molar-refractivity contribution in [2.75, 3.05) is 5.75 Å². The van der Waals surface area contributed by atoms with Crippen LogP contribution in [-0.2, 0) is 0 Å². The van der Waals surface area contributed by atoms with Crippen LogP contribution in [0.5, 0.6) is 0 Å². The monoisotopic (exact) mass is 394 g/mol. The largest absolute Gasteiger partial charge is 0.454 e. The van der Waals surface area contributed by atoms with Gasteiger partial charge in [0.05, 0.1) is 0 Å². The second-order valence-corrected chi connectivity index (χ2v) is 6.45. The third-order valence-corrected chi connectivity index (χ3v) is 4.79. The molecule has 0 fully saturated rings. The first-order chi connectivity index (χ1) is 12.0. The van der Waals surface area contributed by atoms with Crippen molar-refractivity contribution in [3.05, 3.63) is 41.5 Å². The van der Waals surface area contributed by atoms with Gasteiger partial charge in [0, 0.05) is 16.0 Å². The van der Waals surface area contributed by atoms with Crippen LogP contribution >= 0.6 is 11.8 Å². The summed E-state index contributed by atoms with van der Waals surface area (Å²) in [5.41, 5.74) is -1.91. The number of benzene rings is 2. The van der Waals surface area contributed by atoms with Crippen LogP contribution in [0, 0.1) is 0 Å². The molecule has 2 nitrogen and oxygen atoms in total. The molecule has 0 bridgehead atoms. The Balaban J connectivity index is 2.86. The third kappa shape index (κ3) is 4.03. The second kappa shape index (κ2) is 7.30. The molecule has 140 valence electrons. The number of thioether (sulfide) groups is 1. The zero-order valence-corrected chi connectivity index (χ0v) is 14.1. The molecule has 2 aromatic rings. The summed E-state index contributed by atoms with van der Waals surface area (Å²) < 4.78 is 77.4.